The third kappa shape index (κ3) is 6.29. The first-order valence-electron chi connectivity index (χ1n) is 13.7. The van der Waals surface area contributed by atoms with Crippen molar-refractivity contribution in [1.29, 1.82) is 0 Å². The normalized spacial score (nSPS) is 13.2. The molecule has 0 bridgehead atoms. The van der Waals surface area contributed by atoms with Gasteiger partial charge in [-0.15, -0.1) is 0 Å². The van der Waals surface area contributed by atoms with Gasteiger partial charge in [0.05, 0.1) is 22.7 Å². The van der Waals surface area contributed by atoms with Crippen molar-refractivity contribution in [3.8, 4) is 5.75 Å². The summed E-state index contributed by atoms with van der Waals surface area (Å²) in [6.45, 7) is 17.7. The predicted molar refractivity (Wildman–Crippen MR) is 164 cm³/mol. The summed E-state index contributed by atoms with van der Waals surface area (Å²) in [6.07, 6.45) is 1.59. The number of pyridine rings is 1. The van der Waals surface area contributed by atoms with Crippen molar-refractivity contribution in [2.24, 2.45) is 5.73 Å². The summed E-state index contributed by atoms with van der Waals surface area (Å²) in [6, 6.07) is 10.7. The van der Waals surface area contributed by atoms with Crippen LogP contribution in [0.25, 0.3) is 0 Å². The summed E-state index contributed by atoms with van der Waals surface area (Å²) < 4.78 is 21.7. The minimum atomic E-state index is -2.15. The summed E-state index contributed by atoms with van der Waals surface area (Å²) in [7, 11) is -2.15. The molecule has 1 aliphatic heterocycles. The van der Waals surface area contributed by atoms with E-state index in [2.05, 4.69) is 66.6 Å². The van der Waals surface area contributed by atoms with Gasteiger partial charge in [-0.25, -0.2) is 9.37 Å². The van der Waals surface area contributed by atoms with Crippen LogP contribution in [0.4, 0.5) is 33.0 Å². The Labute approximate surface area is 237 Å². The van der Waals surface area contributed by atoms with E-state index in [-0.39, 0.29) is 16.6 Å². The lowest BCUT2D eigenvalue weighted by atomic mass is 10.1. The summed E-state index contributed by atoms with van der Waals surface area (Å²) in [5.41, 5.74) is 9.87. The Morgan fingerprint density at radius 3 is 2.52 bits per heavy atom. The molecule has 0 atom stereocenters. The molecule has 2 heterocycles. The second kappa shape index (κ2) is 11.6. The predicted octanol–water partition coefficient (Wildman–Crippen LogP) is 6.75. The van der Waals surface area contributed by atoms with Gasteiger partial charge in [0.15, 0.2) is 0 Å². The molecule has 0 spiro atoms. The molecule has 1 aromatic heterocycles. The summed E-state index contributed by atoms with van der Waals surface area (Å²) in [5.74, 6) is 0.249. The van der Waals surface area contributed by atoms with E-state index in [1.165, 1.54) is 6.07 Å². The molecular weight excluding hydrogens is 523 g/mol. The highest BCUT2D eigenvalue weighted by molar-refractivity contribution is 6.74. The van der Waals surface area contributed by atoms with E-state index in [1.54, 1.807) is 18.3 Å². The fraction of sp³-hybridized carbons (Fsp3) is 0.400. The first-order valence-corrected chi connectivity index (χ1v) is 16.6. The van der Waals surface area contributed by atoms with Crippen molar-refractivity contribution in [3.05, 3.63) is 65.1 Å². The van der Waals surface area contributed by atoms with Crippen molar-refractivity contribution in [2.75, 3.05) is 35.6 Å². The van der Waals surface area contributed by atoms with E-state index in [0.717, 1.165) is 36.4 Å². The van der Waals surface area contributed by atoms with Crippen LogP contribution in [-0.4, -0.2) is 43.7 Å². The van der Waals surface area contributed by atoms with Crippen molar-refractivity contribution >= 4 is 42.8 Å². The number of fused-ring (bicyclic) bond motifs is 2. The lowest BCUT2D eigenvalue weighted by molar-refractivity contribution is 0.102. The summed E-state index contributed by atoms with van der Waals surface area (Å²) in [5, 5.41) is 9.42. The Morgan fingerprint density at radius 2 is 1.85 bits per heavy atom. The van der Waals surface area contributed by atoms with Crippen molar-refractivity contribution in [2.45, 2.75) is 59.3 Å². The number of hydrogen-bond acceptors (Lipinski definition) is 7. The van der Waals surface area contributed by atoms with Crippen LogP contribution >= 0.6 is 0 Å². The number of amides is 1. The maximum atomic E-state index is 15.2. The first-order chi connectivity index (χ1) is 18.8. The highest BCUT2D eigenvalue weighted by Gasteiger charge is 2.39. The molecule has 214 valence electrons. The Morgan fingerprint density at radius 1 is 1.10 bits per heavy atom. The highest BCUT2D eigenvalue weighted by atomic mass is 28.4. The standard InChI is InChI=1S/C30H41FN6O2Si/c1-8-37(14-12-32)18-20-9-10-22-25(16-20)36-29(38)27-23(11-13-33-28(27)35-22)34-24-17-26(19(2)15-21(24)31)39-40(6,7)30(3,4)5/h9-11,13,15-17H,8,12,14,18,32H2,1-7H3,(H,36,38)(H2,33,34,35). The Bertz CT molecular complexity index is 1410. The molecule has 40 heavy (non-hydrogen) atoms. The molecule has 0 unspecified atom stereocenters. The van der Waals surface area contributed by atoms with Gasteiger partial charge in [0.2, 0.25) is 8.32 Å². The molecule has 4 rings (SSSR count). The number of carbonyl (C=O) groups excluding carboxylic acids is 1. The number of carbonyl (C=O) groups is 1. The maximum Gasteiger partial charge on any atom is 0.261 e. The van der Waals surface area contributed by atoms with Gasteiger partial charge in [0.1, 0.15) is 22.9 Å². The molecule has 0 fully saturated rings. The van der Waals surface area contributed by atoms with E-state index < -0.39 is 14.1 Å². The highest BCUT2D eigenvalue weighted by Crippen LogP contribution is 2.40. The number of nitrogens with two attached hydrogens (primary N) is 1. The van der Waals surface area contributed by atoms with E-state index >= 15 is 4.39 Å². The van der Waals surface area contributed by atoms with Crippen LogP contribution in [0.1, 0.15) is 49.2 Å². The lowest BCUT2D eigenvalue weighted by Crippen LogP contribution is -2.44. The molecule has 1 amide bonds. The number of nitrogens with zero attached hydrogens (tertiary/aromatic N) is 2. The monoisotopic (exact) mass is 564 g/mol. The topological polar surface area (TPSA) is 105 Å². The zero-order valence-corrected chi connectivity index (χ0v) is 25.5. The molecule has 8 nitrogen and oxygen atoms in total. The van der Waals surface area contributed by atoms with Crippen LogP contribution in [0.5, 0.6) is 5.75 Å². The second-order valence-corrected chi connectivity index (χ2v) is 16.5. The van der Waals surface area contributed by atoms with Crippen LogP contribution in [0, 0.1) is 12.7 Å². The number of rotatable bonds is 9. The van der Waals surface area contributed by atoms with Gasteiger partial charge in [0, 0.05) is 31.9 Å². The molecule has 2 aromatic carbocycles. The average molecular weight is 565 g/mol. The molecule has 0 saturated heterocycles. The van der Waals surface area contributed by atoms with Gasteiger partial charge < -0.3 is 26.1 Å². The fourth-order valence-corrected chi connectivity index (χ4v) is 5.40. The Balaban J connectivity index is 1.64. The number of hydrogen-bond donors (Lipinski definition) is 4. The molecule has 3 aromatic rings. The van der Waals surface area contributed by atoms with Gasteiger partial charge in [-0.1, -0.05) is 33.8 Å². The molecule has 1 aliphatic rings. The Hall–Kier alpha value is -3.47. The number of benzene rings is 2. The number of likely N-dealkylation sites (N-methyl/N-ethyl adjacent to an activating group) is 1. The summed E-state index contributed by atoms with van der Waals surface area (Å²) >= 11 is 0. The maximum absolute atomic E-state index is 15.2. The van der Waals surface area contributed by atoms with Crippen LogP contribution in [0.3, 0.4) is 0 Å². The molecule has 10 heteroatoms. The molecule has 0 saturated carbocycles. The van der Waals surface area contributed by atoms with Gasteiger partial charge in [-0.3, -0.25) is 9.69 Å². The zero-order valence-electron chi connectivity index (χ0n) is 24.5. The minimum Gasteiger partial charge on any atom is -0.543 e. The zero-order chi connectivity index (χ0) is 29.2. The Kier molecular flexibility index (Phi) is 8.53. The van der Waals surface area contributed by atoms with Gasteiger partial charge in [-0.2, -0.15) is 0 Å². The van der Waals surface area contributed by atoms with Crippen molar-refractivity contribution < 1.29 is 13.6 Å². The molecule has 5 N–H and O–H groups in total. The third-order valence-electron chi connectivity index (χ3n) is 7.77. The van der Waals surface area contributed by atoms with Crippen molar-refractivity contribution in [3.63, 3.8) is 0 Å². The average Bonchev–Trinajstić information content (AvgIpc) is 3.01. The van der Waals surface area contributed by atoms with E-state index in [0.29, 0.717) is 35.1 Å². The van der Waals surface area contributed by atoms with Crippen LogP contribution in [-0.2, 0) is 6.54 Å². The van der Waals surface area contributed by atoms with Crippen LogP contribution in [0.15, 0.2) is 42.6 Å². The lowest BCUT2D eigenvalue weighted by Gasteiger charge is -2.37. The quantitative estimate of drug-likeness (QED) is 0.213. The van der Waals surface area contributed by atoms with Gasteiger partial charge >= 0.3 is 0 Å². The third-order valence-corrected chi connectivity index (χ3v) is 12.1. The molecular formula is C30H41FN6O2Si. The van der Waals surface area contributed by atoms with E-state index in [4.69, 9.17) is 10.2 Å². The fourth-order valence-electron chi connectivity index (χ4n) is 4.33. The number of nitrogens with one attached hydrogen (secondary N) is 3. The van der Waals surface area contributed by atoms with Gasteiger partial charge in [-0.05, 0) is 67.0 Å². The first kappa shape index (κ1) is 29.5. The number of anilines is 5. The van der Waals surface area contributed by atoms with Crippen LogP contribution in [0.2, 0.25) is 18.1 Å². The van der Waals surface area contributed by atoms with Crippen LogP contribution < -0.4 is 26.1 Å². The molecule has 0 radical (unpaired) electrons. The van der Waals surface area contributed by atoms with Crippen molar-refractivity contribution in [1.82, 2.24) is 9.88 Å². The SMILES string of the molecule is CCN(CCN)Cc1ccc2c(c1)NC(=O)c1c(Nc3cc(O[Si](C)(C)C(C)(C)C)c(C)cc3F)ccnc1N2. The van der Waals surface area contributed by atoms with E-state index in [1.807, 2.05) is 25.1 Å². The smallest absolute Gasteiger partial charge is 0.261 e. The van der Waals surface area contributed by atoms with Gasteiger partial charge in [0.25, 0.3) is 5.91 Å². The number of halogens is 1. The number of aryl methyl sites for hydroxylation is 1. The van der Waals surface area contributed by atoms with E-state index in [9.17, 15) is 4.79 Å². The largest absolute Gasteiger partial charge is 0.543 e. The second-order valence-electron chi connectivity index (χ2n) is 11.8. The number of aromatic nitrogens is 1. The molecule has 0 aliphatic carbocycles. The minimum absolute atomic E-state index is 0.0122. The summed E-state index contributed by atoms with van der Waals surface area (Å²) in [4.78, 5) is 20.2.